The third-order valence-electron chi connectivity index (χ3n) is 9.11. The van der Waals surface area contributed by atoms with E-state index in [1.54, 1.807) is 37.2 Å². The summed E-state index contributed by atoms with van der Waals surface area (Å²) in [6.45, 7) is 10.3. The fourth-order valence-corrected chi connectivity index (χ4v) is 6.40. The Balaban J connectivity index is 1.39. The molecule has 230 valence electrons. The standard InChI is InChI=1S/C34H42F2N4O3/c1-30(2,3)43-29(41)40(28-19-23(11-18-37-28)26-9-7-24(20-38-26)31(4,5)42)22-33-12-15-34(16-13-33,17-14-33)27-10-8-25(21-39-27)32(6,35)36/h7-11,18-21,42H,12-17,22H2,1-6H3. The molecule has 9 heteroatoms. The molecule has 1 N–H and O–H groups in total. The molecule has 0 aliphatic heterocycles. The van der Waals surface area contributed by atoms with Gasteiger partial charge in [-0.1, -0.05) is 6.07 Å². The number of hydrogen-bond donors (Lipinski definition) is 1. The van der Waals surface area contributed by atoms with Gasteiger partial charge in [-0.2, -0.15) is 0 Å². The zero-order valence-corrected chi connectivity index (χ0v) is 26.0. The molecule has 0 spiro atoms. The van der Waals surface area contributed by atoms with E-state index in [4.69, 9.17) is 4.74 Å². The predicted octanol–water partition coefficient (Wildman–Crippen LogP) is 7.91. The van der Waals surface area contributed by atoms with Crippen LogP contribution >= 0.6 is 0 Å². The first-order valence-corrected chi connectivity index (χ1v) is 15.0. The molecule has 6 rings (SSSR count). The number of hydrogen-bond acceptors (Lipinski definition) is 6. The van der Waals surface area contributed by atoms with Crippen LogP contribution in [0.15, 0.2) is 55.0 Å². The average Bonchev–Trinajstić information content (AvgIpc) is 2.95. The van der Waals surface area contributed by atoms with Crippen molar-refractivity contribution in [3.63, 3.8) is 0 Å². The maximum Gasteiger partial charge on any atom is 0.416 e. The Kier molecular flexibility index (Phi) is 7.86. The van der Waals surface area contributed by atoms with Crippen molar-refractivity contribution in [1.29, 1.82) is 0 Å². The highest BCUT2D eigenvalue weighted by Gasteiger charge is 2.51. The van der Waals surface area contributed by atoms with Gasteiger partial charge in [0.25, 0.3) is 5.92 Å². The molecule has 3 aliphatic rings. The molecule has 7 nitrogen and oxygen atoms in total. The Morgan fingerprint density at radius 2 is 1.51 bits per heavy atom. The van der Waals surface area contributed by atoms with Gasteiger partial charge in [0.1, 0.15) is 11.4 Å². The maximum atomic E-state index is 13.8. The summed E-state index contributed by atoms with van der Waals surface area (Å²) in [6.07, 6.45) is 9.52. The minimum atomic E-state index is -2.91. The van der Waals surface area contributed by atoms with Crippen LogP contribution in [0.5, 0.6) is 0 Å². The van der Waals surface area contributed by atoms with Crippen molar-refractivity contribution in [2.45, 2.75) is 103 Å². The van der Waals surface area contributed by atoms with Crippen LogP contribution in [0.3, 0.4) is 0 Å². The summed E-state index contributed by atoms with van der Waals surface area (Å²) in [4.78, 5) is 29.0. The highest BCUT2D eigenvalue weighted by atomic mass is 19.3. The van der Waals surface area contributed by atoms with E-state index in [0.29, 0.717) is 23.6 Å². The molecule has 0 radical (unpaired) electrons. The van der Waals surface area contributed by atoms with E-state index < -0.39 is 23.2 Å². The number of aromatic nitrogens is 3. The number of aliphatic hydroxyl groups is 1. The third kappa shape index (κ3) is 6.71. The van der Waals surface area contributed by atoms with Gasteiger partial charge < -0.3 is 9.84 Å². The number of anilines is 1. The number of alkyl halides is 2. The van der Waals surface area contributed by atoms with Crippen LogP contribution in [0.25, 0.3) is 11.3 Å². The van der Waals surface area contributed by atoms with Gasteiger partial charge >= 0.3 is 6.09 Å². The Bertz CT molecular complexity index is 1430. The molecule has 0 unspecified atom stereocenters. The molecule has 3 aliphatic carbocycles. The normalized spacial score (nSPS) is 22.3. The summed E-state index contributed by atoms with van der Waals surface area (Å²) in [5, 5.41) is 10.3. The van der Waals surface area contributed by atoms with Crippen molar-refractivity contribution in [2.24, 2.45) is 5.41 Å². The topological polar surface area (TPSA) is 88.4 Å². The minimum absolute atomic E-state index is 0.0697. The van der Waals surface area contributed by atoms with E-state index in [0.717, 1.165) is 56.7 Å². The monoisotopic (exact) mass is 592 g/mol. The summed E-state index contributed by atoms with van der Waals surface area (Å²) in [5.74, 6) is -2.42. The first-order valence-electron chi connectivity index (χ1n) is 15.0. The summed E-state index contributed by atoms with van der Waals surface area (Å²) in [7, 11) is 0. The summed E-state index contributed by atoms with van der Waals surface area (Å²) in [5.41, 5.74) is 1.12. The van der Waals surface area contributed by atoms with Crippen molar-refractivity contribution in [1.82, 2.24) is 15.0 Å². The highest BCUT2D eigenvalue weighted by Crippen LogP contribution is 2.58. The van der Waals surface area contributed by atoms with E-state index in [-0.39, 0.29) is 16.4 Å². The lowest BCUT2D eigenvalue weighted by atomic mass is 9.52. The molecule has 3 heterocycles. The number of fused-ring (bicyclic) bond motifs is 3. The van der Waals surface area contributed by atoms with E-state index in [1.165, 1.54) is 12.3 Å². The molecule has 3 aromatic rings. The molecular weight excluding hydrogens is 550 g/mol. The molecule has 3 aromatic heterocycles. The zero-order chi connectivity index (χ0) is 31.3. The minimum Gasteiger partial charge on any atom is -0.443 e. The lowest BCUT2D eigenvalue weighted by Gasteiger charge is -2.54. The molecule has 0 aromatic carbocycles. The Labute approximate surface area is 252 Å². The fraction of sp³-hybridized carbons (Fsp3) is 0.529. The molecule has 0 saturated heterocycles. The number of nitrogens with zero attached hydrogens (tertiary/aromatic N) is 4. The van der Waals surface area contributed by atoms with Crippen LogP contribution in [0, 0.1) is 5.41 Å². The maximum absolute atomic E-state index is 13.8. The number of ether oxygens (including phenoxy) is 1. The van der Waals surface area contributed by atoms with Crippen molar-refractivity contribution in [3.8, 4) is 11.3 Å². The second kappa shape index (κ2) is 10.9. The van der Waals surface area contributed by atoms with E-state index in [9.17, 15) is 18.7 Å². The van der Waals surface area contributed by atoms with Gasteiger partial charge in [-0.05, 0) is 109 Å². The van der Waals surface area contributed by atoms with Crippen LogP contribution in [-0.4, -0.2) is 38.3 Å². The smallest absolute Gasteiger partial charge is 0.416 e. The fourth-order valence-electron chi connectivity index (χ4n) is 6.40. The van der Waals surface area contributed by atoms with Gasteiger partial charge in [-0.15, -0.1) is 0 Å². The summed E-state index contributed by atoms with van der Waals surface area (Å²) in [6, 6.07) is 10.7. The highest BCUT2D eigenvalue weighted by molar-refractivity contribution is 5.87. The third-order valence-corrected chi connectivity index (χ3v) is 9.11. The average molecular weight is 593 g/mol. The summed E-state index contributed by atoms with van der Waals surface area (Å²) < 4.78 is 33.4. The molecule has 3 saturated carbocycles. The number of rotatable bonds is 7. The van der Waals surface area contributed by atoms with Gasteiger partial charge in [0, 0.05) is 59.9 Å². The Hall–Kier alpha value is -3.46. The largest absolute Gasteiger partial charge is 0.443 e. The lowest BCUT2D eigenvalue weighted by Crippen LogP contribution is -2.51. The quantitative estimate of drug-likeness (QED) is 0.300. The molecule has 0 atom stereocenters. The van der Waals surface area contributed by atoms with Crippen LogP contribution in [0.2, 0.25) is 0 Å². The van der Waals surface area contributed by atoms with Crippen molar-refractivity contribution in [2.75, 3.05) is 11.4 Å². The van der Waals surface area contributed by atoms with Crippen molar-refractivity contribution in [3.05, 3.63) is 71.8 Å². The summed E-state index contributed by atoms with van der Waals surface area (Å²) >= 11 is 0. The van der Waals surface area contributed by atoms with Crippen LogP contribution in [0.1, 0.15) is 96.9 Å². The molecular formula is C34H42F2N4O3. The first-order chi connectivity index (χ1) is 20.0. The van der Waals surface area contributed by atoms with Crippen molar-refractivity contribution < 1.29 is 23.4 Å². The van der Waals surface area contributed by atoms with Crippen molar-refractivity contribution >= 4 is 11.9 Å². The predicted molar refractivity (Wildman–Crippen MR) is 162 cm³/mol. The van der Waals surface area contributed by atoms with Crippen LogP contribution < -0.4 is 4.90 Å². The molecule has 43 heavy (non-hydrogen) atoms. The number of pyridine rings is 3. The SMILES string of the molecule is CC(C)(C)OC(=O)N(CC12CCC(c3ccc(C(C)(F)F)cn3)(CC1)CC2)c1cc(-c2ccc(C(C)(C)O)cn2)ccn1. The van der Waals surface area contributed by atoms with Gasteiger partial charge in [0.05, 0.1) is 11.3 Å². The first kappa shape index (κ1) is 31.0. The molecule has 3 fully saturated rings. The Morgan fingerprint density at radius 1 is 0.884 bits per heavy atom. The van der Waals surface area contributed by atoms with E-state index >= 15 is 0 Å². The van der Waals surface area contributed by atoms with Crippen LogP contribution in [-0.2, 0) is 21.7 Å². The lowest BCUT2D eigenvalue weighted by molar-refractivity contribution is 0.0164. The van der Waals surface area contributed by atoms with E-state index in [2.05, 4.69) is 15.0 Å². The number of amides is 1. The van der Waals surface area contributed by atoms with Gasteiger partial charge in [-0.3, -0.25) is 14.9 Å². The zero-order valence-electron chi connectivity index (χ0n) is 26.0. The number of carbonyl (C=O) groups is 1. The number of halogens is 2. The Morgan fingerprint density at radius 3 is 2.02 bits per heavy atom. The second-order valence-corrected chi connectivity index (χ2v) is 14.1. The molecule has 1 amide bonds. The van der Waals surface area contributed by atoms with Gasteiger partial charge in [0.2, 0.25) is 0 Å². The second-order valence-electron chi connectivity index (χ2n) is 14.1. The van der Waals surface area contributed by atoms with Gasteiger partial charge in [-0.25, -0.2) is 18.6 Å². The number of carbonyl (C=O) groups excluding carboxylic acids is 1. The van der Waals surface area contributed by atoms with E-state index in [1.807, 2.05) is 45.0 Å². The molecule has 2 bridgehead atoms. The van der Waals surface area contributed by atoms with Gasteiger partial charge in [0.15, 0.2) is 0 Å². The van der Waals surface area contributed by atoms with Crippen LogP contribution in [0.4, 0.5) is 19.4 Å².